The van der Waals surface area contributed by atoms with Crippen molar-refractivity contribution in [1.82, 2.24) is 0 Å². The van der Waals surface area contributed by atoms with E-state index in [4.69, 9.17) is 0 Å². The van der Waals surface area contributed by atoms with Crippen LogP contribution in [0.1, 0.15) is 71.6 Å². The number of carbonyl (C=O) groups excluding carboxylic acids is 1. The molecule has 0 N–H and O–H groups in total. The highest BCUT2D eigenvalue weighted by molar-refractivity contribution is 5.44. The molecule has 0 rings (SSSR count). The summed E-state index contributed by atoms with van der Waals surface area (Å²) >= 11 is 0. The zero-order valence-corrected chi connectivity index (χ0v) is 10.4. The van der Waals surface area contributed by atoms with Crippen LogP contribution in [-0.4, -0.2) is 5.94 Å². The van der Waals surface area contributed by atoms with Crippen molar-refractivity contribution in [2.24, 2.45) is 5.92 Å². The smallest absolute Gasteiger partial charge is 0.120 e. The van der Waals surface area contributed by atoms with Crippen LogP contribution in [0, 0.1) is 5.92 Å². The molecule has 0 saturated carbocycles. The van der Waals surface area contributed by atoms with E-state index in [9.17, 15) is 4.79 Å². The average molecular weight is 210 g/mol. The van der Waals surface area contributed by atoms with E-state index in [2.05, 4.69) is 13.8 Å². The average Bonchev–Trinajstić information content (AvgIpc) is 2.27. The molecule has 88 valence electrons. The van der Waals surface area contributed by atoms with E-state index < -0.39 is 0 Å². The topological polar surface area (TPSA) is 17.1 Å². The van der Waals surface area contributed by atoms with Gasteiger partial charge in [-0.3, -0.25) is 0 Å². The van der Waals surface area contributed by atoms with Gasteiger partial charge in [0.2, 0.25) is 0 Å². The maximum Gasteiger partial charge on any atom is 0.120 e. The molecular formula is C14H26O. The van der Waals surface area contributed by atoms with Gasteiger partial charge in [0.1, 0.15) is 5.94 Å². The number of allylic oxidation sites excluding steroid dienone is 1. The fraction of sp³-hybridized carbons (Fsp3) is 0.857. The number of rotatable bonds is 10. The van der Waals surface area contributed by atoms with E-state index in [0.29, 0.717) is 0 Å². The van der Waals surface area contributed by atoms with Crippen LogP contribution in [0.3, 0.4) is 0 Å². The molecule has 1 heteroatoms. The number of unbranched alkanes of at least 4 members (excludes halogenated alkanes) is 4. The van der Waals surface area contributed by atoms with Gasteiger partial charge < -0.3 is 0 Å². The summed E-state index contributed by atoms with van der Waals surface area (Å²) < 4.78 is 0. The maximum atomic E-state index is 10.2. The Kier molecular flexibility index (Phi) is 11.1. The van der Waals surface area contributed by atoms with E-state index >= 15 is 0 Å². The quantitative estimate of drug-likeness (QED) is 0.382. The highest BCUT2D eigenvalue weighted by Gasteiger charge is 2.06. The Hall–Kier alpha value is -0.550. The molecule has 1 atom stereocenters. The molecule has 0 spiro atoms. The summed E-state index contributed by atoms with van der Waals surface area (Å²) in [6.45, 7) is 4.47. The first-order valence-corrected chi connectivity index (χ1v) is 6.54. The molecule has 0 aliphatic heterocycles. The van der Waals surface area contributed by atoms with Crippen LogP contribution in [0.5, 0.6) is 0 Å². The Labute approximate surface area is 95.0 Å². The molecule has 0 bridgehead atoms. The summed E-state index contributed by atoms with van der Waals surface area (Å²) in [6, 6.07) is 0. The molecule has 1 unspecified atom stereocenters. The Morgan fingerprint density at radius 1 is 1.00 bits per heavy atom. The Morgan fingerprint density at radius 2 is 1.67 bits per heavy atom. The molecule has 0 aromatic carbocycles. The molecule has 0 amide bonds. The minimum Gasteiger partial charge on any atom is -0.234 e. The molecular weight excluding hydrogens is 184 g/mol. The third kappa shape index (κ3) is 9.75. The van der Waals surface area contributed by atoms with Crippen molar-refractivity contribution in [1.29, 1.82) is 0 Å². The van der Waals surface area contributed by atoms with Gasteiger partial charge in [-0.15, -0.1) is 0 Å². The van der Waals surface area contributed by atoms with Crippen molar-refractivity contribution in [3.63, 3.8) is 0 Å². The zero-order valence-electron chi connectivity index (χ0n) is 10.4. The summed E-state index contributed by atoms with van der Waals surface area (Å²) in [6.07, 6.45) is 13.1. The summed E-state index contributed by atoms with van der Waals surface area (Å²) in [5, 5.41) is 0. The fourth-order valence-electron chi connectivity index (χ4n) is 1.95. The van der Waals surface area contributed by atoms with Crippen LogP contribution in [0.25, 0.3) is 0 Å². The monoisotopic (exact) mass is 210 g/mol. The van der Waals surface area contributed by atoms with Crippen LogP contribution in [0.2, 0.25) is 0 Å². The van der Waals surface area contributed by atoms with Gasteiger partial charge in [0.05, 0.1) is 0 Å². The first-order valence-electron chi connectivity index (χ1n) is 6.54. The fourth-order valence-corrected chi connectivity index (χ4v) is 1.95. The summed E-state index contributed by atoms with van der Waals surface area (Å²) in [5.41, 5.74) is 0. The molecule has 15 heavy (non-hydrogen) atoms. The molecule has 0 heterocycles. The summed E-state index contributed by atoms with van der Waals surface area (Å²) in [7, 11) is 0. The van der Waals surface area contributed by atoms with E-state index in [1.807, 2.05) is 5.94 Å². The first kappa shape index (κ1) is 14.5. The van der Waals surface area contributed by atoms with Crippen molar-refractivity contribution >= 4 is 5.94 Å². The third-order valence-electron chi connectivity index (χ3n) is 2.97. The Balaban J connectivity index is 3.63. The van der Waals surface area contributed by atoms with Crippen molar-refractivity contribution in [3.8, 4) is 0 Å². The Morgan fingerprint density at radius 3 is 2.27 bits per heavy atom. The lowest BCUT2D eigenvalue weighted by atomic mass is 9.92. The number of hydrogen-bond acceptors (Lipinski definition) is 1. The van der Waals surface area contributed by atoms with Crippen molar-refractivity contribution in [2.75, 3.05) is 0 Å². The number of hydrogen-bond donors (Lipinski definition) is 0. The van der Waals surface area contributed by atoms with Gasteiger partial charge in [-0.25, -0.2) is 4.79 Å². The zero-order chi connectivity index (χ0) is 11.4. The minimum atomic E-state index is 0.725. The summed E-state index contributed by atoms with van der Waals surface area (Å²) in [4.78, 5) is 10.2. The van der Waals surface area contributed by atoms with E-state index in [0.717, 1.165) is 12.3 Å². The molecule has 0 radical (unpaired) electrons. The molecule has 0 saturated heterocycles. The highest BCUT2D eigenvalue weighted by Crippen LogP contribution is 2.20. The highest BCUT2D eigenvalue weighted by atomic mass is 16.1. The lowest BCUT2D eigenvalue weighted by Crippen LogP contribution is -1.99. The maximum absolute atomic E-state index is 10.2. The molecule has 1 nitrogen and oxygen atoms in total. The van der Waals surface area contributed by atoms with Crippen LogP contribution in [0.15, 0.2) is 6.08 Å². The van der Waals surface area contributed by atoms with Crippen LogP contribution in [0.4, 0.5) is 0 Å². The van der Waals surface area contributed by atoms with Gasteiger partial charge in [0, 0.05) is 6.08 Å². The van der Waals surface area contributed by atoms with Crippen molar-refractivity contribution < 1.29 is 4.79 Å². The largest absolute Gasteiger partial charge is 0.234 e. The van der Waals surface area contributed by atoms with Gasteiger partial charge in [0.15, 0.2) is 0 Å². The van der Waals surface area contributed by atoms with Crippen molar-refractivity contribution in [3.05, 3.63) is 6.08 Å². The van der Waals surface area contributed by atoms with Crippen LogP contribution < -0.4 is 0 Å². The predicted molar refractivity (Wildman–Crippen MR) is 66.7 cm³/mol. The molecule has 0 aliphatic rings. The second-order valence-corrected chi connectivity index (χ2v) is 4.42. The van der Waals surface area contributed by atoms with Crippen LogP contribution in [-0.2, 0) is 4.79 Å². The van der Waals surface area contributed by atoms with E-state index in [-0.39, 0.29) is 0 Å². The lowest BCUT2D eigenvalue weighted by molar-refractivity contribution is 0.416. The van der Waals surface area contributed by atoms with Crippen molar-refractivity contribution in [2.45, 2.75) is 71.6 Å². The first-order chi connectivity index (χ1) is 7.35. The summed E-state index contributed by atoms with van der Waals surface area (Å²) in [5.74, 6) is 2.63. The van der Waals surface area contributed by atoms with E-state index in [1.54, 1.807) is 6.08 Å². The van der Waals surface area contributed by atoms with Gasteiger partial charge in [-0.05, 0) is 12.3 Å². The van der Waals surface area contributed by atoms with E-state index in [1.165, 1.54) is 51.4 Å². The molecule has 0 fully saturated rings. The second kappa shape index (κ2) is 11.5. The Bertz CT molecular complexity index is 168. The standard InChI is InChI=1S/C14H26O/c1-3-5-7-8-11-14(10-6-4-2)12-9-13-15/h9,14H,3-8,10-12H2,1-2H3. The lowest BCUT2D eigenvalue weighted by Gasteiger charge is -2.13. The van der Waals surface area contributed by atoms with Gasteiger partial charge >= 0.3 is 0 Å². The normalized spacial score (nSPS) is 12.1. The van der Waals surface area contributed by atoms with Gasteiger partial charge in [0.25, 0.3) is 0 Å². The predicted octanol–water partition coefficient (Wildman–Crippen LogP) is 4.54. The third-order valence-corrected chi connectivity index (χ3v) is 2.97. The second-order valence-electron chi connectivity index (χ2n) is 4.42. The van der Waals surface area contributed by atoms with Crippen LogP contribution >= 0.6 is 0 Å². The van der Waals surface area contributed by atoms with Gasteiger partial charge in [-0.1, -0.05) is 65.2 Å². The molecule has 0 aliphatic carbocycles. The van der Waals surface area contributed by atoms with Gasteiger partial charge in [-0.2, -0.15) is 0 Å². The minimum absolute atomic E-state index is 0.725. The SMILES string of the molecule is CCCCCCC(CC=C=O)CCCC. The molecule has 0 aromatic rings. The molecule has 0 aromatic heterocycles.